The summed E-state index contributed by atoms with van der Waals surface area (Å²) in [6.45, 7) is 0.708. The Morgan fingerprint density at radius 2 is 1.90 bits per heavy atom. The molecule has 0 aliphatic carbocycles. The Balaban J connectivity index is 1.39. The molecular formula is C22H20BrFN2O3. The lowest BCUT2D eigenvalue weighted by Gasteiger charge is -2.26. The minimum absolute atomic E-state index is 0.0161. The van der Waals surface area contributed by atoms with Crippen molar-refractivity contribution in [3.63, 3.8) is 0 Å². The zero-order valence-electron chi connectivity index (χ0n) is 15.7. The van der Waals surface area contributed by atoms with E-state index in [0.717, 1.165) is 27.8 Å². The van der Waals surface area contributed by atoms with E-state index in [4.69, 9.17) is 0 Å². The van der Waals surface area contributed by atoms with Crippen LogP contribution >= 0.6 is 15.9 Å². The molecule has 7 heteroatoms. The number of halogens is 2. The Morgan fingerprint density at radius 3 is 2.69 bits per heavy atom. The molecule has 2 aliphatic heterocycles. The smallest absolute Gasteiger partial charge is 0.261 e. The fraction of sp³-hybridized carbons (Fsp3) is 0.318. The first kappa shape index (κ1) is 19.8. The van der Waals surface area contributed by atoms with Gasteiger partial charge in [-0.05, 0) is 55.2 Å². The number of carbonyl (C=O) groups is 3. The van der Waals surface area contributed by atoms with Crippen molar-refractivity contribution in [2.75, 3.05) is 13.1 Å². The number of hydrogen-bond donors (Lipinski definition) is 0. The molecule has 0 aromatic heterocycles. The summed E-state index contributed by atoms with van der Waals surface area (Å²) in [5, 5.41) is 0. The number of imide groups is 1. The lowest BCUT2D eigenvalue weighted by Crippen LogP contribution is -2.40. The van der Waals surface area contributed by atoms with Gasteiger partial charge in [-0.15, -0.1) is 0 Å². The SMILES string of the molecule is O=C1c2ccc(Br)cc2C(=O)N1CCC(=O)N1CCCC1Cc1cccc(F)c1. The third-order valence-corrected chi connectivity index (χ3v) is 6.03. The molecule has 1 atom stereocenters. The third kappa shape index (κ3) is 3.96. The largest absolute Gasteiger partial charge is 0.339 e. The van der Waals surface area contributed by atoms with Crippen molar-refractivity contribution in [3.05, 3.63) is 69.4 Å². The molecule has 0 radical (unpaired) electrons. The van der Waals surface area contributed by atoms with Crippen molar-refractivity contribution in [1.29, 1.82) is 0 Å². The Hall–Kier alpha value is -2.54. The molecule has 2 aliphatic rings. The number of nitrogens with zero attached hydrogens (tertiary/aromatic N) is 2. The highest BCUT2D eigenvalue weighted by Crippen LogP contribution is 2.27. The first-order valence-corrected chi connectivity index (χ1v) is 10.4. The highest BCUT2D eigenvalue weighted by molar-refractivity contribution is 9.10. The van der Waals surface area contributed by atoms with E-state index >= 15 is 0 Å². The molecule has 2 heterocycles. The summed E-state index contributed by atoms with van der Waals surface area (Å²) in [5.74, 6) is -1.09. The number of fused-ring (bicyclic) bond motifs is 1. The van der Waals surface area contributed by atoms with Crippen LogP contribution in [0.1, 0.15) is 45.5 Å². The second-order valence-corrected chi connectivity index (χ2v) is 8.33. The number of rotatable bonds is 5. The van der Waals surface area contributed by atoms with E-state index in [1.54, 1.807) is 29.2 Å². The van der Waals surface area contributed by atoms with Gasteiger partial charge in [0.1, 0.15) is 5.82 Å². The molecule has 1 saturated heterocycles. The highest BCUT2D eigenvalue weighted by Gasteiger charge is 2.36. The molecule has 0 spiro atoms. The zero-order valence-corrected chi connectivity index (χ0v) is 17.3. The minimum Gasteiger partial charge on any atom is -0.339 e. The van der Waals surface area contributed by atoms with Crippen LogP contribution < -0.4 is 0 Å². The van der Waals surface area contributed by atoms with Gasteiger partial charge in [0.2, 0.25) is 5.91 Å². The van der Waals surface area contributed by atoms with Crippen molar-refractivity contribution in [3.8, 4) is 0 Å². The van der Waals surface area contributed by atoms with Crippen molar-refractivity contribution < 1.29 is 18.8 Å². The molecular weight excluding hydrogens is 439 g/mol. The number of amides is 3. The van der Waals surface area contributed by atoms with E-state index in [1.165, 1.54) is 12.1 Å². The Kier molecular flexibility index (Phi) is 5.50. The number of carbonyl (C=O) groups excluding carboxylic acids is 3. The number of hydrogen-bond acceptors (Lipinski definition) is 3. The van der Waals surface area contributed by atoms with Crippen LogP contribution in [0.4, 0.5) is 4.39 Å². The Labute approximate surface area is 176 Å². The predicted molar refractivity (Wildman–Crippen MR) is 109 cm³/mol. The maximum Gasteiger partial charge on any atom is 0.261 e. The summed E-state index contributed by atoms with van der Waals surface area (Å²) in [7, 11) is 0. The third-order valence-electron chi connectivity index (χ3n) is 5.54. The second-order valence-electron chi connectivity index (χ2n) is 7.42. The Morgan fingerprint density at radius 1 is 1.10 bits per heavy atom. The van der Waals surface area contributed by atoms with E-state index in [2.05, 4.69) is 15.9 Å². The average Bonchev–Trinajstić information content (AvgIpc) is 3.23. The molecule has 1 fully saturated rings. The van der Waals surface area contributed by atoms with Gasteiger partial charge in [0, 0.05) is 30.0 Å². The fourth-order valence-electron chi connectivity index (χ4n) is 4.13. The van der Waals surface area contributed by atoms with Gasteiger partial charge in [0.25, 0.3) is 11.8 Å². The normalized spacial score (nSPS) is 18.5. The van der Waals surface area contributed by atoms with E-state index in [9.17, 15) is 18.8 Å². The van der Waals surface area contributed by atoms with Gasteiger partial charge in [-0.3, -0.25) is 19.3 Å². The summed E-state index contributed by atoms with van der Waals surface area (Å²) in [4.78, 5) is 40.8. The van der Waals surface area contributed by atoms with Gasteiger partial charge < -0.3 is 4.90 Å². The molecule has 0 bridgehead atoms. The molecule has 0 saturated carbocycles. The minimum atomic E-state index is -0.364. The van der Waals surface area contributed by atoms with Gasteiger partial charge in [-0.1, -0.05) is 28.1 Å². The van der Waals surface area contributed by atoms with E-state index in [0.29, 0.717) is 24.1 Å². The predicted octanol–water partition coefficient (Wildman–Crippen LogP) is 3.81. The lowest BCUT2D eigenvalue weighted by atomic mass is 10.0. The van der Waals surface area contributed by atoms with Crippen molar-refractivity contribution in [2.24, 2.45) is 0 Å². The van der Waals surface area contributed by atoms with Crippen molar-refractivity contribution in [1.82, 2.24) is 9.80 Å². The molecule has 0 N–H and O–H groups in total. The Bertz CT molecular complexity index is 994. The van der Waals surface area contributed by atoms with E-state index < -0.39 is 0 Å². The van der Waals surface area contributed by atoms with Gasteiger partial charge in [0.15, 0.2) is 0 Å². The standard InChI is InChI=1S/C22H20BrFN2O3/c23-15-6-7-18-19(13-15)22(29)26(21(18)28)10-8-20(27)25-9-2-5-17(25)12-14-3-1-4-16(24)11-14/h1,3-4,6-7,11,13,17H,2,5,8-10,12H2. The van der Waals surface area contributed by atoms with Crippen LogP contribution in [0.15, 0.2) is 46.9 Å². The summed E-state index contributed by atoms with van der Waals surface area (Å²) in [6.07, 6.45) is 2.45. The molecule has 29 heavy (non-hydrogen) atoms. The van der Waals surface area contributed by atoms with Crippen LogP contribution in [-0.2, 0) is 11.2 Å². The summed E-state index contributed by atoms with van der Waals surface area (Å²) < 4.78 is 14.2. The number of benzene rings is 2. The second kappa shape index (κ2) is 8.06. The molecule has 1 unspecified atom stereocenters. The van der Waals surface area contributed by atoms with E-state index in [-0.39, 0.29) is 42.5 Å². The van der Waals surface area contributed by atoms with E-state index in [1.807, 2.05) is 6.07 Å². The average molecular weight is 459 g/mol. The summed E-state index contributed by atoms with van der Waals surface area (Å²) >= 11 is 3.31. The quantitative estimate of drug-likeness (QED) is 0.640. The van der Waals surface area contributed by atoms with Crippen LogP contribution in [0.2, 0.25) is 0 Å². The summed E-state index contributed by atoms with van der Waals surface area (Å²) in [5.41, 5.74) is 1.60. The van der Waals surface area contributed by atoms with Crippen LogP contribution in [0.25, 0.3) is 0 Å². The first-order chi connectivity index (χ1) is 13.9. The van der Waals surface area contributed by atoms with Gasteiger partial charge >= 0.3 is 0 Å². The lowest BCUT2D eigenvalue weighted by molar-refractivity contribution is -0.132. The molecule has 150 valence electrons. The summed E-state index contributed by atoms with van der Waals surface area (Å²) in [6, 6.07) is 11.4. The molecule has 2 aromatic carbocycles. The van der Waals surface area contributed by atoms with Gasteiger partial charge in [-0.2, -0.15) is 0 Å². The molecule has 3 amide bonds. The van der Waals surface area contributed by atoms with Crippen LogP contribution in [0.3, 0.4) is 0 Å². The topological polar surface area (TPSA) is 57.7 Å². The van der Waals surface area contributed by atoms with Gasteiger partial charge in [-0.25, -0.2) is 4.39 Å². The zero-order chi connectivity index (χ0) is 20.5. The van der Waals surface area contributed by atoms with Gasteiger partial charge in [0.05, 0.1) is 11.1 Å². The van der Waals surface area contributed by atoms with Crippen LogP contribution in [0.5, 0.6) is 0 Å². The fourth-order valence-corrected chi connectivity index (χ4v) is 4.49. The van der Waals surface area contributed by atoms with Crippen LogP contribution in [0, 0.1) is 5.82 Å². The van der Waals surface area contributed by atoms with Crippen molar-refractivity contribution in [2.45, 2.75) is 31.7 Å². The maximum atomic E-state index is 13.4. The maximum absolute atomic E-state index is 13.4. The van der Waals surface area contributed by atoms with Crippen LogP contribution in [-0.4, -0.2) is 46.7 Å². The van der Waals surface area contributed by atoms with Crippen molar-refractivity contribution >= 4 is 33.7 Å². The molecule has 5 nitrogen and oxygen atoms in total. The molecule has 4 rings (SSSR count). The number of likely N-dealkylation sites (tertiary alicyclic amines) is 1. The first-order valence-electron chi connectivity index (χ1n) is 9.63. The molecule has 2 aromatic rings. The highest BCUT2D eigenvalue weighted by atomic mass is 79.9. The monoisotopic (exact) mass is 458 g/mol.